The molecule has 0 fully saturated rings. The molecule has 0 N–H and O–H groups in total. The topological polar surface area (TPSA) is 75.6 Å². The third kappa shape index (κ3) is 9.07. The largest absolute Gasteiger partial charge is 3.00 e. The minimum absolute atomic E-state index is 0. The summed E-state index contributed by atoms with van der Waals surface area (Å²) in [7, 11) is 0. The number of aromatic nitrogens is 3. The fourth-order valence-electron chi connectivity index (χ4n) is 8.04. The first-order valence-electron chi connectivity index (χ1n) is 22.4. The minimum Gasteiger partial charge on any atom is -0.501 e. The van der Waals surface area contributed by atoms with Crippen LogP contribution in [0.3, 0.4) is 0 Å². The number of hydrogen-bond donors (Lipinski definition) is 0. The van der Waals surface area contributed by atoms with Crippen molar-refractivity contribution in [2.45, 2.75) is 64.1 Å². The normalized spacial score (nSPS) is 13.1. The van der Waals surface area contributed by atoms with Gasteiger partial charge in [-0.25, -0.2) is 0 Å². The van der Waals surface area contributed by atoms with Crippen LogP contribution < -0.4 is 0 Å². The van der Waals surface area contributed by atoms with E-state index in [1.54, 1.807) is 30.3 Å². The Morgan fingerprint density at radius 2 is 1.16 bits per heavy atom. The van der Waals surface area contributed by atoms with E-state index in [9.17, 15) is 10.7 Å². The van der Waals surface area contributed by atoms with E-state index in [0.717, 1.165) is 55.5 Å². The van der Waals surface area contributed by atoms with Crippen LogP contribution in [-0.4, -0.2) is 15.0 Å². The summed E-state index contributed by atoms with van der Waals surface area (Å²) in [5, 5.41) is 11.1. The van der Waals surface area contributed by atoms with Crippen molar-refractivity contribution in [3.05, 3.63) is 209 Å². The molecule has 0 aliphatic carbocycles. The Balaban J connectivity index is 0.00000592. The van der Waals surface area contributed by atoms with Crippen LogP contribution in [-0.2, 0) is 56.5 Å². The van der Waals surface area contributed by atoms with Gasteiger partial charge < -0.3 is 19.4 Å². The first-order valence-corrected chi connectivity index (χ1v) is 20.4. The molecule has 62 heavy (non-hydrogen) atoms. The quantitative estimate of drug-likeness (QED) is 0.114. The number of hydrogen-bond acceptors (Lipinski definition) is 5. The second-order valence-corrected chi connectivity index (χ2v) is 16.8. The van der Waals surface area contributed by atoms with Crippen molar-refractivity contribution in [3.63, 3.8) is 0 Å². The Morgan fingerprint density at radius 3 is 1.69 bits per heavy atom. The van der Waals surface area contributed by atoms with E-state index >= 15 is 0 Å². The molecule has 0 atom stereocenters. The van der Waals surface area contributed by atoms with Crippen molar-refractivity contribution < 1.29 is 30.0 Å². The third-order valence-electron chi connectivity index (χ3n) is 11.3. The van der Waals surface area contributed by atoms with Crippen LogP contribution in [0.5, 0.6) is 0 Å². The van der Waals surface area contributed by atoms with Gasteiger partial charge in [0.1, 0.15) is 5.58 Å². The van der Waals surface area contributed by atoms with Crippen LogP contribution in [0, 0.1) is 29.5 Å². The summed E-state index contributed by atoms with van der Waals surface area (Å²) in [5.41, 5.74) is 9.53. The first-order chi connectivity index (χ1) is 31.1. The average Bonchev–Trinajstić information content (AvgIpc) is 3.70. The average molecular weight is 986 g/mol. The molecule has 304 valence electrons. The Bertz CT molecular complexity index is 3080. The number of furan rings is 1. The van der Waals surface area contributed by atoms with Crippen LogP contribution in [0.2, 0.25) is 0 Å². The maximum atomic E-state index is 9.62. The predicted octanol–water partition coefficient (Wildman–Crippen LogP) is 12.9. The molecule has 5 aromatic carbocycles. The van der Waals surface area contributed by atoms with Crippen molar-refractivity contribution in [2.75, 3.05) is 0 Å². The van der Waals surface area contributed by atoms with Gasteiger partial charge in [0.2, 0.25) is 0 Å². The number of pyridine rings is 3. The first kappa shape index (κ1) is 37.3. The molecule has 0 radical (unpaired) electrons. The third-order valence-corrected chi connectivity index (χ3v) is 11.3. The monoisotopic (exact) mass is 986 g/mol. The molecular weight excluding hydrogens is 937 g/mol. The summed E-state index contributed by atoms with van der Waals surface area (Å²) in [5.74, 6) is 0. The molecule has 5 nitrogen and oxygen atoms in total. The standard InChI is InChI=1S/C56H45N4O.Ir/c1-55(2,45-22-26-50(59-36-45)43-12-7-5-8-13-43)32-41-28-39(29-42(30-41)33-56(3,4)46-23-27-51(60-37-46)44-14-9-6-10-15-44)19-18-38-21-25-52(58-35-38)49-17-11-16-48-47-24-20-40(34-57)31-53(47)61-54(48)49;/h5-12,14,16,20-31,35-37H,18-19,32-33H2,1-4H3;/q-3;+3/i18D2,19D2;. The Hall–Kier alpha value is -6.51. The summed E-state index contributed by atoms with van der Waals surface area (Å²) in [6.45, 7) is 8.61. The van der Waals surface area contributed by atoms with Crippen LogP contribution in [0.15, 0.2) is 156 Å². The summed E-state index contributed by atoms with van der Waals surface area (Å²) in [6.07, 6.45) is 1.33. The van der Waals surface area contributed by atoms with Gasteiger partial charge in [-0.05, 0) is 99.0 Å². The van der Waals surface area contributed by atoms with Gasteiger partial charge in [-0.1, -0.05) is 99.3 Å². The van der Waals surface area contributed by atoms with E-state index in [1.165, 1.54) is 6.20 Å². The smallest absolute Gasteiger partial charge is 0.501 e. The van der Waals surface area contributed by atoms with Crippen molar-refractivity contribution in [3.8, 4) is 39.8 Å². The fraction of sp³-hybridized carbons (Fsp3) is 0.179. The molecular formula is C56H45IrN4O. The molecule has 0 aliphatic heterocycles. The van der Waals surface area contributed by atoms with Gasteiger partial charge in [0.15, 0.2) is 0 Å². The molecule has 9 rings (SSSR count). The zero-order valence-corrected chi connectivity index (χ0v) is 37.3. The molecule has 9 aromatic rings. The molecule has 0 aliphatic rings. The predicted molar refractivity (Wildman–Crippen MR) is 245 cm³/mol. The summed E-state index contributed by atoms with van der Waals surface area (Å²) >= 11 is 0. The van der Waals surface area contributed by atoms with Crippen molar-refractivity contribution in [2.24, 2.45) is 0 Å². The zero-order chi connectivity index (χ0) is 45.6. The number of benzene rings is 5. The second kappa shape index (κ2) is 17.8. The van der Waals surface area contributed by atoms with Crippen molar-refractivity contribution in [1.82, 2.24) is 15.0 Å². The summed E-state index contributed by atoms with van der Waals surface area (Å²) < 4.78 is 44.4. The van der Waals surface area contributed by atoms with E-state index in [2.05, 4.69) is 75.1 Å². The molecule has 4 heterocycles. The van der Waals surface area contributed by atoms with Gasteiger partial charge in [-0.15, -0.1) is 90.0 Å². The van der Waals surface area contributed by atoms with Crippen LogP contribution in [0.1, 0.15) is 72.1 Å². The van der Waals surface area contributed by atoms with Gasteiger partial charge in [-0.3, -0.25) is 0 Å². The molecule has 0 saturated heterocycles. The van der Waals surface area contributed by atoms with Gasteiger partial charge in [0, 0.05) is 29.5 Å². The molecule has 0 amide bonds. The van der Waals surface area contributed by atoms with Gasteiger partial charge in [0.25, 0.3) is 0 Å². The molecule has 0 saturated carbocycles. The SMILES string of the molecule is [2H]C([2H])(c1ccc(-c2[c-]ccc3c2oc2cc(C#N)ccc23)nc1)C([2H])([2H])c1cc(CC(C)(C)c2ccc(-c3[c-]cccc3)nc2)cc(CC(C)(C)c2ccc(-c3[c-]cccc3)nc2)c1.[Ir+3]. The number of nitrogens with zero attached hydrogens (tertiary/aromatic N) is 4. The van der Waals surface area contributed by atoms with Gasteiger partial charge >= 0.3 is 20.1 Å². The van der Waals surface area contributed by atoms with Crippen LogP contribution in [0.4, 0.5) is 0 Å². The Kier molecular flexibility index (Phi) is 10.7. The summed E-state index contributed by atoms with van der Waals surface area (Å²) in [4.78, 5) is 14.2. The maximum Gasteiger partial charge on any atom is 3.00 e. The molecule has 6 heteroatoms. The zero-order valence-electron chi connectivity index (χ0n) is 38.9. The maximum absolute atomic E-state index is 9.62. The van der Waals surface area contributed by atoms with Gasteiger partial charge in [0.05, 0.1) is 17.2 Å². The van der Waals surface area contributed by atoms with Crippen LogP contribution >= 0.6 is 0 Å². The molecule has 0 unspecified atom stereocenters. The minimum atomic E-state index is -2.50. The van der Waals surface area contributed by atoms with Crippen molar-refractivity contribution in [1.29, 1.82) is 5.26 Å². The van der Waals surface area contributed by atoms with E-state index in [0.29, 0.717) is 40.8 Å². The van der Waals surface area contributed by atoms with Crippen molar-refractivity contribution >= 4 is 21.9 Å². The van der Waals surface area contributed by atoms with E-state index in [1.807, 2.05) is 97.3 Å². The van der Waals surface area contributed by atoms with Gasteiger partial charge in [-0.2, -0.15) is 5.26 Å². The van der Waals surface area contributed by atoms with Crippen LogP contribution in [0.25, 0.3) is 55.7 Å². The molecule has 0 spiro atoms. The van der Waals surface area contributed by atoms with E-state index in [4.69, 9.17) is 14.4 Å². The number of aryl methyl sites for hydroxylation is 2. The Morgan fingerprint density at radius 1 is 0.581 bits per heavy atom. The van der Waals surface area contributed by atoms with E-state index in [-0.39, 0.29) is 31.2 Å². The fourth-order valence-corrected chi connectivity index (χ4v) is 8.04. The molecule has 4 aromatic heterocycles. The Labute approximate surface area is 383 Å². The number of fused-ring (bicyclic) bond motifs is 3. The summed E-state index contributed by atoms with van der Waals surface area (Å²) in [6, 6.07) is 53.6. The second-order valence-electron chi connectivity index (χ2n) is 16.8. The number of nitriles is 1. The number of rotatable bonds is 12. The van der Waals surface area contributed by atoms with E-state index < -0.39 is 23.6 Å². The molecule has 0 bridgehead atoms.